The van der Waals surface area contributed by atoms with Gasteiger partial charge in [-0.15, -0.1) is 0 Å². The quantitative estimate of drug-likeness (QED) is 0.852. The number of carbonyl (C=O) groups excluding carboxylic acids is 1. The van der Waals surface area contributed by atoms with E-state index in [1.165, 1.54) is 12.1 Å². The van der Waals surface area contributed by atoms with Crippen molar-refractivity contribution < 1.29 is 19.1 Å². The lowest BCUT2D eigenvalue weighted by Crippen LogP contribution is -2.52. The second-order valence-electron chi connectivity index (χ2n) is 7.13. The molecule has 1 aliphatic heterocycles. The molecular weight excluding hydrogens is 323 g/mol. The number of rotatable bonds is 3. The van der Waals surface area contributed by atoms with Gasteiger partial charge in [0.15, 0.2) is 0 Å². The summed E-state index contributed by atoms with van der Waals surface area (Å²) in [7, 11) is 0. The zero-order chi connectivity index (χ0) is 17.6. The fraction of sp³-hybridized carbons (Fsp3) is 0.474. The number of hydrogen-bond donors (Lipinski definition) is 1. The maximum Gasteiger partial charge on any atom is 0.307 e. The van der Waals surface area contributed by atoms with Crippen LogP contribution in [0.5, 0.6) is 0 Å². The van der Waals surface area contributed by atoms with Crippen molar-refractivity contribution in [1.82, 2.24) is 4.90 Å². The molecular formula is C19H21FN2O3. The summed E-state index contributed by atoms with van der Waals surface area (Å²) in [6.45, 7) is 2.48. The largest absolute Gasteiger partial charge is 0.481 e. The van der Waals surface area contributed by atoms with Crippen LogP contribution in [0, 0.1) is 29.5 Å². The highest BCUT2D eigenvalue weighted by Gasteiger charge is 2.52. The zero-order valence-corrected chi connectivity index (χ0v) is 13.8. The first-order valence-electron chi connectivity index (χ1n) is 8.75. The maximum atomic E-state index is 13.0. The summed E-state index contributed by atoms with van der Waals surface area (Å²) in [6.07, 6.45) is 4.75. The molecule has 4 atom stereocenters. The third-order valence-electron chi connectivity index (χ3n) is 5.81. The normalized spacial score (nSPS) is 30.8. The fourth-order valence-electron chi connectivity index (χ4n) is 4.54. The number of allylic oxidation sites excluding steroid dienone is 2. The lowest BCUT2D eigenvalue weighted by atomic mass is 9.82. The predicted octanol–water partition coefficient (Wildman–Crippen LogP) is 2.00. The number of piperazine rings is 1. The summed E-state index contributed by atoms with van der Waals surface area (Å²) in [5.74, 6) is -2.10. The molecule has 1 heterocycles. The smallest absolute Gasteiger partial charge is 0.307 e. The summed E-state index contributed by atoms with van der Waals surface area (Å²) < 4.78 is 13.0. The summed E-state index contributed by atoms with van der Waals surface area (Å²) in [4.78, 5) is 28.5. The van der Waals surface area contributed by atoms with Gasteiger partial charge >= 0.3 is 5.97 Å². The van der Waals surface area contributed by atoms with Crippen molar-refractivity contribution in [2.24, 2.45) is 23.7 Å². The molecule has 2 fully saturated rings. The number of nitrogens with zero attached hydrogens (tertiary/aromatic N) is 2. The third-order valence-corrected chi connectivity index (χ3v) is 5.81. The van der Waals surface area contributed by atoms with E-state index in [9.17, 15) is 19.1 Å². The minimum absolute atomic E-state index is 0.00282. The second-order valence-corrected chi connectivity index (χ2v) is 7.13. The topological polar surface area (TPSA) is 60.9 Å². The maximum absolute atomic E-state index is 13.0. The van der Waals surface area contributed by atoms with Gasteiger partial charge in [-0.3, -0.25) is 9.59 Å². The molecule has 6 heteroatoms. The van der Waals surface area contributed by atoms with Crippen LogP contribution in [0.3, 0.4) is 0 Å². The van der Waals surface area contributed by atoms with Crippen LogP contribution in [0.4, 0.5) is 10.1 Å². The van der Waals surface area contributed by atoms with Gasteiger partial charge in [-0.1, -0.05) is 12.2 Å². The Morgan fingerprint density at radius 1 is 0.960 bits per heavy atom. The molecule has 1 aromatic rings. The molecule has 0 unspecified atom stereocenters. The van der Waals surface area contributed by atoms with E-state index in [1.807, 2.05) is 12.2 Å². The minimum atomic E-state index is -0.861. The van der Waals surface area contributed by atoms with E-state index >= 15 is 0 Å². The van der Waals surface area contributed by atoms with Crippen LogP contribution in [-0.4, -0.2) is 48.1 Å². The SMILES string of the molecule is O=C(O)[C@@H]1[C@H](C(=O)N2CCN(c3ccc(F)cc3)CC2)[C@@H]2C=C[C@H]1C2. The highest BCUT2D eigenvalue weighted by molar-refractivity contribution is 5.87. The molecule has 1 amide bonds. The average molecular weight is 344 g/mol. The van der Waals surface area contributed by atoms with Gasteiger partial charge in [0, 0.05) is 31.9 Å². The van der Waals surface area contributed by atoms with Gasteiger partial charge in [0.05, 0.1) is 11.8 Å². The Kier molecular flexibility index (Phi) is 3.98. The Morgan fingerprint density at radius 3 is 2.16 bits per heavy atom. The molecule has 4 rings (SSSR count). The molecule has 2 bridgehead atoms. The monoisotopic (exact) mass is 344 g/mol. The zero-order valence-electron chi connectivity index (χ0n) is 13.8. The van der Waals surface area contributed by atoms with Crippen molar-refractivity contribution in [3.63, 3.8) is 0 Å². The molecule has 5 nitrogen and oxygen atoms in total. The summed E-state index contributed by atoms with van der Waals surface area (Å²) in [5, 5.41) is 9.52. The molecule has 3 aliphatic rings. The lowest BCUT2D eigenvalue weighted by Gasteiger charge is -2.38. The van der Waals surface area contributed by atoms with Gasteiger partial charge in [0.25, 0.3) is 0 Å². The van der Waals surface area contributed by atoms with Crippen LogP contribution in [0.25, 0.3) is 0 Å². The van der Waals surface area contributed by atoms with Crippen LogP contribution in [0.15, 0.2) is 36.4 Å². The van der Waals surface area contributed by atoms with Crippen LogP contribution in [-0.2, 0) is 9.59 Å². The Labute approximate surface area is 145 Å². The number of halogens is 1. The van der Waals surface area contributed by atoms with Crippen LogP contribution in [0.1, 0.15) is 6.42 Å². The first-order valence-corrected chi connectivity index (χ1v) is 8.75. The van der Waals surface area contributed by atoms with E-state index in [4.69, 9.17) is 0 Å². The number of carbonyl (C=O) groups is 2. The van der Waals surface area contributed by atoms with Gasteiger partial charge in [-0.2, -0.15) is 0 Å². The molecule has 1 saturated carbocycles. The van der Waals surface area contributed by atoms with E-state index < -0.39 is 17.8 Å². The van der Waals surface area contributed by atoms with Crippen molar-refractivity contribution in [2.45, 2.75) is 6.42 Å². The molecule has 1 saturated heterocycles. The predicted molar refractivity (Wildman–Crippen MR) is 90.5 cm³/mol. The molecule has 132 valence electrons. The number of carboxylic acid groups (broad SMARTS) is 1. The summed E-state index contributed by atoms with van der Waals surface area (Å²) in [6, 6.07) is 6.36. The van der Waals surface area contributed by atoms with E-state index in [1.54, 1.807) is 17.0 Å². The minimum Gasteiger partial charge on any atom is -0.481 e. The molecule has 1 aromatic carbocycles. The molecule has 1 N–H and O–H groups in total. The lowest BCUT2D eigenvalue weighted by molar-refractivity contribution is -0.151. The number of fused-ring (bicyclic) bond motifs is 2. The van der Waals surface area contributed by atoms with Crippen LogP contribution in [0.2, 0.25) is 0 Å². The Bertz CT molecular complexity index is 710. The highest BCUT2D eigenvalue weighted by Crippen LogP contribution is 2.48. The van der Waals surface area contributed by atoms with Crippen molar-refractivity contribution >= 4 is 17.6 Å². The van der Waals surface area contributed by atoms with Gasteiger partial charge in [0.2, 0.25) is 5.91 Å². The number of carboxylic acids is 1. The second kappa shape index (κ2) is 6.17. The van der Waals surface area contributed by atoms with Gasteiger partial charge in [-0.25, -0.2) is 4.39 Å². The Morgan fingerprint density at radius 2 is 1.56 bits per heavy atom. The standard InChI is InChI=1S/C19H21FN2O3/c20-14-3-5-15(6-4-14)21-7-9-22(10-8-21)18(23)16-12-1-2-13(11-12)17(16)19(24)25/h1-6,12-13,16-17H,7-11H2,(H,24,25)/t12-,13+,16-,17+/m1/s1. The van der Waals surface area contributed by atoms with Crippen molar-refractivity contribution in [3.8, 4) is 0 Å². The Balaban J connectivity index is 1.42. The van der Waals surface area contributed by atoms with E-state index in [0.717, 1.165) is 12.1 Å². The molecule has 25 heavy (non-hydrogen) atoms. The summed E-state index contributed by atoms with van der Waals surface area (Å²) in [5.41, 5.74) is 0.944. The van der Waals surface area contributed by atoms with Crippen LogP contribution < -0.4 is 4.90 Å². The van der Waals surface area contributed by atoms with E-state index in [-0.39, 0.29) is 23.6 Å². The van der Waals surface area contributed by atoms with Gasteiger partial charge < -0.3 is 14.9 Å². The van der Waals surface area contributed by atoms with E-state index in [0.29, 0.717) is 26.2 Å². The number of aliphatic carboxylic acids is 1. The van der Waals surface area contributed by atoms with Crippen molar-refractivity contribution in [3.05, 3.63) is 42.2 Å². The number of amides is 1. The van der Waals surface area contributed by atoms with Crippen LogP contribution >= 0.6 is 0 Å². The molecule has 0 spiro atoms. The fourth-order valence-corrected chi connectivity index (χ4v) is 4.54. The summed E-state index contributed by atoms with van der Waals surface area (Å²) >= 11 is 0. The first kappa shape index (κ1) is 16.1. The number of hydrogen-bond acceptors (Lipinski definition) is 3. The van der Waals surface area contributed by atoms with Crippen molar-refractivity contribution in [1.29, 1.82) is 0 Å². The molecule has 0 aromatic heterocycles. The third kappa shape index (κ3) is 2.79. The average Bonchev–Trinajstić information content (AvgIpc) is 3.23. The van der Waals surface area contributed by atoms with E-state index in [2.05, 4.69) is 4.90 Å². The highest BCUT2D eigenvalue weighted by atomic mass is 19.1. The van der Waals surface area contributed by atoms with Gasteiger partial charge in [0.1, 0.15) is 5.82 Å². The molecule has 2 aliphatic carbocycles. The molecule has 0 radical (unpaired) electrons. The first-order chi connectivity index (χ1) is 12.0. The van der Waals surface area contributed by atoms with Gasteiger partial charge in [-0.05, 0) is 42.5 Å². The number of benzene rings is 1. The van der Waals surface area contributed by atoms with Crippen molar-refractivity contribution in [2.75, 3.05) is 31.1 Å². The number of anilines is 1. The Hall–Kier alpha value is -2.37.